The van der Waals surface area contributed by atoms with E-state index in [9.17, 15) is 0 Å². The molecule has 0 spiro atoms. The summed E-state index contributed by atoms with van der Waals surface area (Å²) >= 11 is 0. The molecule has 3 heterocycles. The van der Waals surface area contributed by atoms with Crippen molar-refractivity contribution in [3.63, 3.8) is 0 Å². The van der Waals surface area contributed by atoms with Crippen molar-refractivity contribution in [2.45, 2.75) is 25.8 Å². The van der Waals surface area contributed by atoms with Gasteiger partial charge in [-0.05, 0) is 5.92 Å². The molecule has 20 heavy (non-hydrogen) atoms. The fraction of sp³-hybridized carbons (Fsp3) is 0.714. The molecule has 2 aliphatic rings. The van der Waals surface area contributed by atoms with Crippen LogP contribution in [0.1, 0.15) is 25.5 Å². The number of piperazine rings is 1. The molecule has 0 saturated carbocycles. The molecule has 3 rings (SSSR count). The highest BCUT2D eigenvalue weighted by Crippen LogP contribution is 2.21. The van der Waals surface area contributed by atoms with E-state index in [4.69, 9.17) is 9.72 Å². The summed E-state index contributed by atoms with van der Waals surface area (Å²) in [6.07, 6.45) is 0. The fourth-order valence-electron chi connectivity index (χ4n) is 2.36. The molecule has 0 unspecified atom stereocenters. The second kappa shape index (κ2) is 5.93. The third kappa shape index (κ3) is 3.02. The van der Waals surface area contributed by atoms with Crippen LogP contribution in [0.3, 0.4) is 0 Å². The lowest BCUT2D eigenvalue weighted by Crippen LogP contribution is -2.44. The molecule has 0 aromatic carbocycles. The molecule has 6 heteroatoms. The van der Waals surface area contributed by atoms with Crippen LogP contribution in [0.15, 0.2) is 6.07 Å². The highest BCUT2D eigenvalue weighted by molar-refractivity contribution is 5.45. The maximum atomic E-state index is 5.21. The van der Waals surface area contributed by atoms with Gasteiger partial charge in [0.25, 0.3) is 0 Å². The van der Waals surface area contributed by atoms with Crippen LogP contribution in [0.4, 0.5) is 11.8 Å². The maximum Gasteiger partial charge on any atom is 0.227 e. The minimum atomic E-state index is 0.390. The Kier molecular flexibility index (Phi) is 4.03. The molecule has 2 fully saturated rings. The van der Waals surface area contributed by atoms with Gasteiger partial charge in [0.2, 0.25) is 5.95 Å². The number of anilines is 2. The van der Waals surface area contributed by atoms with Gasteiger partial charge in [-0.1, -0.05) is 13.8 Å². The summed E-state index contributed by atoms with van der Waals surface area (Å²) in [4.78, 5) is 11.7. The lowest BCUT2D eigenvalue weighted by atomic mass is 10.1. The van der Waals surface area contributed by atoms with E-state index in [1.54, 1.807) is 0 Å². The Morgan fingerprint density at radius 2 is 2.05 bits per heavy atom. The van der Waals surface area contributed by atoms with Gasteiger partial charge in [-0.25, -0.2) is 4.98 Å². The van der Waals surface area contributed by atoms with Gasteiger partial charge in [-0.2, -0.15) is 4.98 Å². The monoisotopic (exact) mass is 277 g/mol. The lowest BCUT2D eigenvalue weighted by molar-refractivity contribution is 0.0209. The zero-order valence-corrected chi connectivity index (χ0v) is 12.2. The molecule has 0 bridgehead atoms. The molecule has 1 aromatic rings. The van der Waals surface area contributed by atoms with Crippen LogP contribution in [0.25, 0.3) is 0 Å². The number of rotatable bonds is 4. The molecule has 0 amide bonds. The Balaban J connectivity index is 1.82. The molecule has 2 saturated heterocycles. The lowest BCUT2D eigenvalue weighted by Gasteiger charge is -2.30. The molecule has 0 radical (unpaired) electrons. The summed E-state index contributed by atoms with van der Waals surface area (Å²) in [5.74, 6) is 2.17. The van der Waals surface area contributed by atoms with Gasteiger partial charge in [0, 0.05) is 32.2 Å². The van der Waals surface area contributed by atoms with E-state index in [2.05, 4.69) is 40.4 Å². The molecule has 0 aliphatic carbocycles. The van der Waals surface area contributed by atoms with Crippen molar-refractivity contribution in [3.8, 4) is 0 Å². The van der Waals surface area contributed by atoms with Crippen LogP contribution in [0.5, 0.6) is 0 Å². The zero-order valence-electron chi connectivity index (χ0n) is 12.2. The molecular weight excluding hydrogens is 254 g/mol. The second-order valence-electron chi connectivity index (χ2n) is 5.75. The topological polar surface area (TPSA) is 62.3 Å². The average molecular weight is 277 g/mol. The highest BCUT2D eigenvalue weighted by atomic mass is 16.5. The van der Waals surface area contributed by atoms with Crippen molar-refractivity contribution in [2.75, 3.05) is 49.6 Å². The van der Waals surface area contributed by atoms with Crippen molar-refractivity contribution in [1.29, 1.82) is 0 Å². The van der Waals surface area contributed by atoms with Crippen LogP contribution < -0.4 is 15.5 Å². The molecule has 2 aliphatic heterocycles. The smallest absolute Gasteiger partial charge is 0.227 e. The third-order valence-electron chi connectivity index (χ3n) is 3.72. The van der Waals surface area contributed by atoms with Crippen LogP contribution >= 0.6 is 0 Å². The van der Waals surface area contributed by atoms with E-state index in [-0.39, 0.29) is 0 Å². The largest absolute Gasteiger partial charge is 0.377 e. The minimum absolute atomic E-state index is 0.390. The summed E-state index contributed by atoms with van der Waals surface area (Å²) in [5.41, 5.74) is 1.09. The summed E-state index contributed by atoms with van der Waals surface area (Å²) < 4.78 is 5.21. The van der Waals surface area contributed by atoms with Gasteiger partial charge < -0.3 is 20.3 Å². The van der Waals surface area contributed by atoms with E-state index < -0.39 is 0 Å². The first-order chi connectivity index (χ1) is 9.72. The first-order valence-electron chi connectivity index (χ1n) is 7.41. The number of hydrogen-bond acceptors (Lipinski definition) is 6. The molecule has 2 N–H and O–H groups in total. The number of nitrogens with one attached hydrogen (secondary N) is 2. The van der Waals surface area contributed by atoms with Crippen LogP contribution in [-0.4, -0.2) is 55.4 Å². The van der Waals surface area contributed by atoms with Gasteiger partial charge >= 0.3 is 0 Å². The minimum Gasteiger partial charge on any atom is -0.377 e. The Labute approximate surface area is 119 Å². The van der Waals surface area contributed by atoms with E-state index in [0.29, 0.717) is 12.0 Å². The van der Waals surface area contributed by atoms with Gasteiger partial charge in [0.1, 0.15) is 5.82 Å². The second-order valence-corrected chi connectivity index (χ2v) is 5.75. The first-order valence-corrected chi connectivity index (χ1v) is 7.41. The maximum absolute atomic E-state index is 5.21. The van der Waals surface area contributed by atoms with Gasteiger partial charge in [0.05, 0.1) is 24.9 Å². The zero-order chi connectivity index (χ0) is 13.9. The van der Waals surface area contributed by atoms with Crippen molar-refractivity contribution in [2.24, 2.45) is 0 Å². The number of ether oxygens (including phenoxy) is 1. The Hall–Kier alpha value is -1.40. The third-order valence-corrected chi connectivity index (χ3v) is 3.72. The van der Waals surface area contributed by atoms with Crippen LogP contribution in [0, 0.1) is 0 Å². The molecule has 1 aromatic heterocycles. The Bertz CT molecular complexity index is 455. The highest BCUT2D eigenvalue weighted by Gasteiger charge is 2.21. The van der Waals surface area contributed by atoms with Gasteiger partial charge in [-0.3, -0.25) is 0 Å². The van der Waals surface area contributed by atoms with E-state index in [1.165, 1.54) is 0 Å². The van der Waals surface area contributed by atoms with Crippen molar-refractivity contribution < 1.29 is 4.74 Å². The molecular formula is C14H23N5O. The van der Waals surface area contributed by atoms with Crippen molar-refractivity contribution in [1.82, 2.24) is 15.3 Å². The normalized spacial score (nSPS) is 20.1. The van der Waals surface area contributed by atoms with Crippen LogP contribution in [-0.2, 0) is 4.74 Å². The summed E-state index contributed by atoms with van der Waals surface area (Å²) in [7, 11) is 0. The standard InChI is InChI=1S/C14H23N5O/c1-10(2)12-7-13(16-11-8-20-9-11)18-14(17-12)19-5-3-15-4-6-19/h7,10-11,15H,3-6,8-9H2,1-2H3,(H,16,17,18). The van der Waals surface area contributed by atoms with E-state index in [1.807, 2.05) is 0 Å². The number of hydrogen-bond donors (Lipinski definition) is 2. The Morgan fingerprint density at radius 1 is 1.30 bits per heavy atom. The number of nitrogens with zero attached hydrogens (tertiary/aromatic N) is 3. The van der Waals surface area contributed by atoms with Gasteiger partial charge in [-0.15, -0.1) is 0 Å². The summed E-state index contributed by atoms with van der Waals surface area (Å²) in [6.45, 7) is 9.79. The van der Waals surface area contributed by atoms with Crippen molar-refractivity contribution >= 4 is 11.8 Å². The van der Waals surface area contributed by atoms with Crippen molar-refractivity contribution in [3.05, 3.63) is 11.8 Å². The molecule has 110 valence electrons. The SMILES string of the molecule is CC(C)c1cc(NC2COC2)nc(N2CCNCC2)n1. The quantitative estimate of drug-likeness (QED) is 0.849. The van der Waals surface area contributed by atoms with E-state index in [0.717, 1.165) is 56.9 Å². The number of aromatic nitrogens is 2. The summed E-state index contributed by atoms with van der Waals surface area (Å²) in [5, 5.41) is 6.79. The van der Waals surface area contributed by atoms with E-state index >= 15 is 0 Å². The van der Waals surface area contributed by atoms with Gasteiger partial charge in [0.15, 0.2) is 0 Å². The predicted octanol–water partition coefficient (Wildman–Crippen LogP) is 0.820. The summed E-state index contributed by atoms with van der Waals surface area (Å²) in [6, 6.07) is 2.45. The molecule has 0 atom stereocenters. The fourth-order valence-corrected chi connectivity index (χ4v) is 2.36. The molecule has 6 nitrogen and oxygen atoms in total. The van der Waals surface area contributed by atoms with Crippen LogP contribution in [0.2, 0.25) is 0 Å². The predicted molar refractivity (Wildman–Crippen MR) is 79.4 cm³/mol. The average Bonchev–Trinajstić information content (AvgIpc) is 2.43. The Morgan fingerprint density at radius 3 is 2.65 bits per heavy atom. The first kappa shape index (κ1) is 13.6.